The zero-order valence-corrected chi connectivity index (χ0v) is 16.6. The Hall–Kier alpha value is -3.15. The first kappa shape index (κ1) is 21.2. The van der Waals surface area contributed by atoms with Gasteiger partial charge < -0.3 is 14.8 Å². The highest BCUT2D eigenvalue weighted by atomic mass is 16.6. The number of carbonyl (C=O) groups excluding carboxylic acids is 3. The summed E-state index contributed by atoms with van der Waals surface area (Å²) in [6.07, 6.45) is 0. The zero-order valence-electron chi connectivity index (χ0n) is 16.6. The van der Waals surface area contributed by atoms with E-state index >= 15 is 0 Å². The lowest BCUT2D eigenvalue weighted by atomic mass is 9.95. The molecular formula is C22H25NO5. The molecule has 2 rings (SSSR count). The fourth-order valence-corrected chi connectivity index (χ4v) is 2.18. The van der Waals surface area contributed by atoms with Crippen LogP contribution in [0.4, 0.5) is 5.69 Å². The van der Waals surface area contributed by atoms with Gasteiger partial charge in [0.25, 0.3) is 0 Å². The van der Waals surface area contributed by atoms with E-state index in [1.807, 2.05) is 45.9 Å². The molecule has 1 amide bonds. The van der Waals surface area contributed by atoms with Crippen LogP contribution in [0.25, 0.3) is 0 Å². The molecule has 148 valence electrons. The third-order valence-corrected chi connectivity index (χ3v) is 3.95. The van der Waals surface area contributed by atoms with Crippen molar-refractivity contribution >= 4 is 23.3 Å². The van der Waals surface area contributed by atoms with E-state index in [0.717, 1.165) is 5.56 Å². The van der Waals surface area contributed by atoms with Crippen molar-refractivity contribution in [3.8, 4) is 5.75 Å². The van der Waals surface area contributed by atoms with E-state index in [4.69, 9.17) is 9.47 Å². The van der Waals surface area contributed by atoms with Crippen molar-refractivity contribution in [3.63, 3.8) is 0 Å². The summed E-state index contributed by atoms with van der Waals surface area (Å²) < 4.78 is 10.4. The molecule has 0 aliphatic rings. The number of rotatable bonds is 7. The molecule has 0 radical (unpaired) electrons. The predicted molar refractivity (Wildman–Crippen MR) is 106 cm³/mol. The van der Waals surface area contributed by atoms with Gasteiger partial charge in [0, 0.05) is 16.7 Å². The summed E-state index contributed by atoms with van der Waals surface area (Å²) in [4.78, 5) is 35.9. The molecule has 6 nitrogen and oxygen atoms in total. The highest BCUT2D eigenvalue weighted by molar-refractivity contribution is 5.99. The number of Topliss-reactive ketones (excluding diaryl/α,β-unsaturated/α-hetero) is 1. The minimum Gasteiger partial charge on any atom is -0.482 e. The number of carbonyl (C=O) groups is 3. The van der Waals surface area contributed by atoms with Crippen LogP contribution in [-0.2, 0) is 14.3 Å². The Labute approximate surface area is 164 Å². The first-order valence-electron chi connectivity index (χ1n) is 8.95. The van der Waals surface area contributed by atoms with Crippen LogP contribution >= 0.6 is 0 Å². The van der Waals surface area contributed by atoms with Crippen LogP contribution in [0, 0.1) is 12.3 Å². The van der Waals surface area contributed by atoms with Gasteiger partial charge in [-0.2, -0.15) is 0 Å². The topological polar surface area (TPSA) is 81.7 Å². The molecule has 2 aromatic carbocycles. The van der Waals surface area contributed by atoms with E-state index in [1.165, 1.54) is 0 Å². The van der Waals surface area contributed by atoms with Crippen LogP contribution in [0.3, 0.4) is 0 Å². The van der Waals surface area contributed by atoms with Gasteiger partial charge in [-0.1, -0.05) is 39.0 Å². The molecule has 0 aliphatic heterocycles. The summed E-state index contributed by atoms with van der Waals surface area (Å²) in [5, 5.41) is 2.78. The third-order valence-electron chi connectivity index (χ3n) is 3.95. The highest BCUT2D eigenvalue weighted by Crippen LogP contribution is 2.18. The van der Waals surface area contributed by atoms with Gasteiger partial charge in [-0.15, -0.1) is 0 Å². The maximum atomic E-state index is 12.2. The van der Waals surface area contributed by atoms with Gasteiger partial charge in [-0.05, 0) is 42.8 Å². The van der Waals surface area contributed by atoms with Crippen LogP contribution in [0.5, 0.6) is 5.75 Å². The van der Waals surface area contributed by atoms with Crippen molar-refractivity contribution in [1.29, 1.82) is 0 Å². The van der Waals surface area contributed by atoms with E-state index in [0.29, 0.717) is 17.0 Å². The number of ketones is 1. The van der Waals surface area contributed by atoms with Gasteiger partial charge in [0.1, 0.15) is 5.75 Å². The monoisotopic (exact) mass is 383 g/mol. The quantitative estimate of drug-likeness (QED) is 0.581. The van der Waals surface area contributed by atoms with E-state index in [-0.39, 0.29) is 24.9 Å². The smallest absolute Gasteiger partial charge is 0.344 e. The van der Waals surface area contributed by atoms with Gasteiger partial charge in [-0.3, -0.25) is 9.59 Å². The van der Waals surface area contributed by atoms with Crippen molar-refractivity contribution in [2.75, 3.05) is 18.5 Å². The Morgan fingerprint density at radius 3 is 2.18 bits per heavy atom. The Morgan fingerprint density at radius 2 is 1.57 bits per heavy atom. The number of nitrogens with one attached hydrogen (secondary N) is 1. The zero-order chi connectivity index (χ0) is 20.7. The second-order valence-corrected chi connectivity index (χ2v) is 7.42. The number of ether oxygens (including phenoxy) is 2. The lowest BCUT2D eigenvalue weighted by Crippen LogP contribution is -2.27. The molecule has 0 unspecified atom stereocenters. The van der Waals surface area contributed by atoms with Crippen LogP contribution in [0.15, 0.2) is 48.5 Å². The number of hydrogen-bond acceptors (Lipinski definition) is 5. The summed E-state index contributed by atoms with van der Waals surface area (Å²) >= 11 is 0. The van der Waals surface area contributed by atoms with Crippen LogP contribution in [0.1, 0.15) is 36.7 Å². The summed E-state index contributed by atoms with van der Waals surface area (Å²) in [7, 11) is 0. The van der Waals surface area contributed by atoms with Gasteiger partial charge in [0.2, 0.25) is 5.91 Å². The van der Waals surface area contributed by atoms with Gasteiger partial charge >= 0.3 is 5.97 Å². The fraction of sp³-hybridized carbons (Fsp3) is 0.318. The van der Waals surface area contributed by atoms with Crippen LogP contribution < -0.4 is 10.1 Å². The van der Waals surface area contributed by atoms with Crippen molar-refractivity contribution in [3.05, 3.63) is 59.7 Å². The number of para-hydroxylation sites is 1. The van der Waals surface area contributed by atoms with Crippen LogP contribution in [0.2, 0.25) is 0 Å². The van der Waals surface area contributed by atoms with E-state index in [1.54, 1.807) is 30.3 Å². The molecule has 0 fully saturated rings. The third kappa shape index (κ3) is 6.23. The average molecular weight is 383 g/mol. The minimum absolute atomic E-state index is 0.117. The van der Waals surface area contributed by atoms with Crippen molar-refractivity contribution in [2.24, 2.45) is 5.41 Å². The Balaban J connectivity index is 1.81. The largest absolute Gasteiger partial charge is 0.482 e. The Morgan fingerprint density at radius 1 is 0.929 bits per heavy atom. The number of hydrogen-bond donors (Lipinski definition) is 1. The van der Waals surface area contributed by atoms with Gasteiger partial charge in [0.05, 0.1) is 0 Å². The molecule has 0 saturated carbocycles. The molecule has 6 heteroatoms. The number of benzene rings is 2. The molecule has 0 atom stereocenters. The molecule has 1 N–H and O–H groups in total. The van der Waals surface area contributed by atoms with Crippen molar-refractivity contribution in [2.45, 2.75) is 27.7 Å². The second-order valence-electron chi connectivity index (χ2n) is 7.42. The maximum absolute atomic E-state index is 12.2. The molecule has 2 aromatic rings. The molecule has 0 heterocycles. The lowest BCUT2D eigenvalue weighted by Gasteiger charge is -2.17. The Bertz CT molecular complexity index is 850. The lowest BCUT2D eigenvalue weighted by molar-refractivity contribution is -0.144. The maximum Gasteiger partial charge on any atom is 0.344 e. The van der Waals surface area contributed by atoms with E-state index < -0.39 is 11.4 Å². The predicted octanol–water partition coefficient (Wildman–Crippen LogP) is 3.78. The Kier molecular flexibility index (Phi) is 6.93. The van der Waals surface area contributed by atoms with E-state index in [2.05, 4.69) is 5.32 Å². The highest BCUT2D eigenvalue weighted by Gasteiger charge is 2.21. The van der Waals surface area contributed by atoms with Gasteiger partial charge in [0.15, 0.2) is 19.0 Å². The number of aryl methyl sites for hydroxylation is 1. The fourth-order valence-electron chi connectivity index (χ4n) is 2.18. The molecule has 0 bridgehead atoms. The van der Waals surface area contributed by atoms with Gasteiger partial charge in [-0.25, -0.2) is 4.79 Å². The number of anilines is 1. The first-order valence-corrected chi connectivity index (χ1v) is 8.95. The summed E-state index contributed by atoms with van der Waals surface area (Å²) in [6.45, 7) is 6.68. The van der Waals surface area contributed by atoms with Crippen LogP contribution in [-0.4, -0.2) is 30.9 Å². The molecular weight excluding hydrogens is 358 g/mol. The molecule has 0 aromatic heterocycles. The summed E-state index contributed by atoms with van der Waals surface area (Å²) in [5.41, 5.74) is 1.38. The summed E-state index contributed by atoms with van der Waals surface area (Å²) in [6, 6.07) is 13.8. The second kappa shape index (κ2) is 9.17. The van der Waals surface area contributed by atoms with E-state index in [9.17, 15) is 14.4 Å². The average Bonchev–Trinajstić information content (AvgIpc) is 2.65. The first-order chi connectivity index (χ1) is 13.2. The van der Waals surface area contributed by atoms with Crippen molar-refractivity contribution < 1.29 is 23.9 Å². The normalized spacial score (nSPS) is 10.9. The van der Waals surface area contributed by atoms with Crippen molar-refractivity contribution in [1.82, 2.24) is 0 Å². The molecule has 0 aliphatic carbocycles. The minimum atomic E-state index is -0.620. The SMILES string of the molecule is Cc1ccccc1OCC(=O)OCC(=O)c1ccc(NC(=O)C(C)(C)C)cc1. The molecule has 0 saturated heterocycles. The molecule has 28 heavy (non-hydrogen) atoms. The molecule has 0 spiro atoms. The number of esters is 1. The standard InChI is InChI=1S/C22H25NO5/c1-15-7-5-6-8-19(15)27-14-20(25)28-13-18(24)16-9-11-17(12-10-16)23-21(26)22(2,3)4/h5-12H,13-14H2,1-4H3,(H,23,26). The summed E-state index contributed by atoms with van der Waals surface area (Å²) in [5.74, 6) is -0.476. The number of amides is 1.